The van der Waals surface area contributed by atoms with E-state index in [0.29, 0.717) is 4.67 Å². The van der Waals surface area contributed by atoms with Crippen LogP contribution in [0.5, 0.6) is 0 Å². The van der Waals surface area contributed by atoms with Crippen LogP contribution in [0.3, 0.4) is 0 Å². The predicted octanol–water partition coefficient (Wildman–Crippen LogP) is 4.06. The number of rotatable bonds is 1. The Bertz CT molecular complexity index is 558. The monoisotopic (exact) mass is 265 g/mol. The first-order valence-corrected chi connectivity index (χ1v) is 7.55. The fourth-order valence-electron chi connectivity index (χ4n) is 1.56. The van der Waals surface area contributed by atoms with Crippen molar-refractivity contribution in [3.8, 4) is 10.4 Å². The molecule has 1 N–H and O–H groups in total. The molecule has 17 heavy (non-hydrogen) atoms. The Balaban J connectivity index is 2.36. The number of benzene rings is 1. The molecule has 1 aromatic carbocycles. The molecule has 2 aromatic rings. The van der Waals surface area contributed by atoms with E-state index in [9.17, 15) is 0 Å². The van der Waals surface area contributed by atoms with Gasteiger partial charge in [-0.2, -0.15) is 0 Å². The van der Waals surface area contributed by atoms with E-state index in [1.807, 2.05) is 6.07 Å². The maximum atomic E-state index is 8.69. The third-order valence-corrected chi connectivity index (χ3v) is 4.89. The Morgan fingerprint density at radius 3 is 2.18 bits per heavy atom. The van der Waals surface area contributed by atoms with Crippen molar-refractivity contribution in [2.75, 3.05) is 0 Å². The zero-order valence-corrected chi connectivity index (χ0v) is 11.7. The molecule has 1 heterocycles. The SMILES string of the molecule is CC(C)(C)c1ccc(-c2c/c(=N\O)ss2)cc1. The van der Waals surface area contributed by atoms with Gasteiger partial charge in [-0.3, -0.25) is 0 Å². The summed E-state index contributed by atoms with van der Waals surface area (Å²) in [5.41, 5.74) is 2.69. The van der Waals surface area contributed by atoms with Crippen LogP contribution in [0, 0.1) is 0 Å². The molecule has 0 saturated heterocycles. The normalized spacial score (nSPS) is 13.0. The molecule has 0 bridgehead atoms. The quantitative estimate of drug-likeness (QED) is 0.470. The predicted molar refractivity (Wildman–Crippen MR) is 73.7 cm³/mol. The van der Waals surface area contributed by atoms with Crippen molar-refractivity contribution in [3.05, 3.63) is 40.6 Å². The zero-order chi connectivity index (χ0) is 12.5. The van der Waals surface area contributed by atoms with Crippen molar-refractivity contribution in [2.45, 2.75) is 26.2 Å². The van der Waals surface area contributed by atoms with Gasteiger partial charge in [0.2, 0.25) is 0 Å². The van der Waals surface area contributed by atoms with Crippen molar-refractivity contribution in [1.82, 2.24) is 0 Å². The van der Waals surface area contributed by atoms with Crippen LogP contribution in [0.25, 0.3) is 10.4 Å². The second-order valence-corrected chi connectivity index (χ2v) is 7.13. The summed E-state index contributed by atoms with van der Waals surface area (Å²) in [7, 11) is 3.11. The van der Waals surface area contributed by atoms with E-state index >= 15 is 0 Å². The lowest BCUT2D eigenvalue weighted by molar-refractivity contribution is 0.304. The van der Waals surface area contributed by atoms with E-state index in [1.54, 1.807) is 10.3 Å². The lowest BCUT2D eigenvalue weighted by atomic mass is 9.86. The van der Waals surface area contributed by atoms with E-state index in [0.717, 1.165) is 4.88 Å². The molecule has 0 aliphatic heterocycles. The lowest BCUT2D eigenvalue weighted by Gasteiger charge is -2.18. The molecule has 0 atom stereocenters. The molecular weight excluding hydrogens is 250 g/mol. The third-order valence-electron chi connectivity index (χ3n) is 2.61. The Morgan fingerprint density at radius 2 is 1.71 bits per heavy atom. The van der Waals surface area contributed by atoms with Crippen LogP contribution in [0.4, 0.5) is 0 Å². The van der Waals surface area contributed by atoms with Gasteiger partial charge in [0.25, 0.3) is 0 Å². The lowest BCUT2D eigenvalue weighted by Crippen LogP contribution is -2.10. The van der Waals surface area contributed by atoms with Crippen LogP contribution in [-0.2, 0) is 5.41 Å². The van der Waals surface area contributed by atoms with Crippen LogP contribution >= 0.6 is 20.7 Å². The molecule has 1 aromatic heterocycles. The zero-order valence-electron chi connectivity index (χ0n) is 10.1. The molecule has 2 nitrogen and oxygen atoms in total. The van der Waals surface area contributed by atoms with Crippen LogP contribution in [0.1, 0.15) is 26.3 Å². The van der Waals surface area contributed by atoms with E-state index < -0.39 is 0 Å². The molecular formula is C13H15NOS2. The van der Waals surface area contributed by atoms with Crippen molar-refractivity contribution in [2.24, 2.45) is 5.16 Å². The molecule has 0 unspecified atom stereocenters. The number of hydrogen-bond donors (Lipinski definition) is 1. The summed E-state index contributed by atoms with van der Waals surface area (Å²) in [5, 5.41) is 11.9. The highest BCUT2D eigenvalue weighted by atomic mass is 32.9. The van der Waals surface area contributed by atoms with Gasteiger partial charge >= 0.3 is 0 Å². The summed E-state index contributed by atoms with van der Waals surface area (Å²) in [6.07, 6.45) is 0. The van der Waals surface area contributed by atoms with Crippen molar-refractivity contribution < 1.29 is 5.21 Å². The van der Waals surface area contributed by atoms with Crippen LogP contribution < -0.4 is 4.67 Å². The Labute approximate surface area is 108 Å². The van der Waals surface area contributed by atoms with Gasteiger partial charge in [-0.05, 0) is 22.6 Å². The summed E-state index contributed by atoms with van der Waals surface area (Å²) in [6.45, 7) is 6.62. The second-order valence-electron chi connectivity index (χ2n) is 4.94. The van der Waals surface area contributed by atoms with Gasteiger partial charge in [0.05, 0.1) is 0 Å². The Morgan fingerprint density at radius 1 is 1.06 bits per heavy atom. The van der Waals surface area contributed by atoms with Crippen LogP contribution in [-0.4, -0.2) is 5.21 Å². The summed E-state index contributed by atoms with van der Waals surface area (Å²) in [6, 6.07) is 10.5. The molecule has 4 heteroatoms. The summed E-state index contributed by atoms with van der Waals surface area (Å²) < 4.78 is 0.657. The third kappa shape index (κ3) is 2.76. The highest BCUT2D eigenvalue weighted by Crippen LogP contribution is 2.28. The maximum Gasteiger partial charge on any atom is 0.166 e. The average molecular weight is 265 g/mol. The molecule has 0 aliphatic carbocycles. The van der Waals surface area contributed by atoms with Crippen molar-refractivity contribution in [1.29, 1.82) is 0 Å². The van der Waals surface area contributed by atoms with Gasteiger partial charge < -0.3 is 5.21 Å². The molecule has 0 aliphatic rings. The molecule has 90 valence electrons. The second kappa shape index (κ2) is 4.63. The minimum atomic E-state index is 0.183. The summed E-state index contributed by atoms with van der Waals surface area (Å²) >= 11 is 0. The van der Waals surface area contributed by atoms with E-state index in [-0.39, 0.29) is 5.41 Å². The minimum absolute atomic E-state index is 0.183. The molecule has 0 spiro atoms. The van der Waals surface area contributed by atoms with E-state index in [4.69, 9.17) is 5.21 Å². The summed E-state index contributed by atoms with van der Waals surface area (Å²) in [4.78, 5) is 1.14. The van der Waals surface area contributed by atoms with Gasteiger partial charge in [0.1, 0.15) is 0 Å². The van der Waals surface area contributed by atoms with Crippen LogP contribution in [0.2, 0.25) is 0 Å². The largest absolute Gasteiger partial charge is 0.410 e. The van der Waals surface area contributed by atoms with E-state index in [2.05, 4.69) is 50.2 Å². The minimum Gasteiger partial charge on any atom is -0.410 e. The average Bonchev–Trinajstić information content (AvgIpc) is 2.76. The molecule has 0 amide bonds. The van der Waals surface area contributed by atoms with Crippen molar-refractivity contribution >= 4 is 20.7 Å². The molecule has 0 radical (unpaired) electrons. The number of nitrogens with zero attached hydrogens (tertiary/aromatic N) is 1. The van der Waals surface area contributed by atoms with Gasteiger partial charge in [-0.1, -0.05) is 70.9 Å². The highest BCUT2D eigenvalue weighted by molar-refractivity contribution is 7.69. The standard InChI is InChI=1S/C13H15NOS2/c1-13(2,3)10-6-4-9(5-7-10)11-8-12(14-15)17-16-11/h4-8,15H,1-3H3/b14-12+. The smallest absolute Gasteiger partial charge is 0.166 e. The Kier molecular flexibility index (Phi) is 3.35. The van der Waals surface area contributed by atoms with Gasteiger partial charge in [-0.25, -0.2) is 0 Å². The van der Waals surface area contributed by atoms with Gasteiger partial charge in [-0.15, -0.1) is 0 Å². The van der Waals surface area contributed by atoms with E-state index in [1.165, 1.54) is 21.5 Å². The fourth-order valence-corrected chi connectivity index (χ4v) is 3.60. The van der Waals surface area contributed by atoms with Crippen molar-refractivity contribution in [3.63, 3.8) is 0 Å². The first-order chi connectivity index (χ1) is 8.00. The van der Waals surface area contributed by atoms with Crippen LogP contribution in [0.15, 0.2) is 35.5 Å². The summed E-state index contributed by atoms with van der Waals surface area (Å²) in [5.74, 6) is 0. The number of hydrogen-bond acceptors (Lipinski definition) is 4. The van der Waals surface area contributed by atoms with Gasteiger partial charge in [0, 0.05) is 4.88 Å². The van der Waals surface area contributed by atoms with Gasteiger partial charge in [0.15, 0.2) is 4.67 Å². The molecule has 2 rings (SSSR count). The molecule has 0 saturated carbocycles. The fraction of sp³-hybridized carbons (Fsp3) is 0.308. The highest BCUT2D eigenvalue weighted by Gasteiger charge is 2.13. The topological polar surface area (TPSA) is 32.6 Å². The maximum absolute atomic E-state index is 8.69. The Hall–Kier alpha value is -1.13. The first kappa shape index (κ1) is 12.3. The first-order valence-electron chi connectivity index (χ1n) is 5.40. The molecule has 0 fully saturated rings.